The van der Waals surface area contributed by atoms with E-state index in [1.807, 2.05) is 24.3 Å². The predicted octanol–water partition coefficient (Wildman–Crippen LogP) is 3.38. The minimum atomic E-state index is -3.81. The minimum absolute atomic E-state index is 0.0451. The number of nitrogens with one attached hydrogen (secondary N) is 1. The molecule has 0 saturated heterocycles. The van der Waals surface area contributed by atoms with Crippen molar-refractivity contribution in [1.29, 1.82) is 0 Å². The van der Waals surface area contributed by atoms with Crippen molar-refractivity contribution < 1.29 is 17.7 Å². The molecule has 2 aromatic carbocycles. The molecule has 0 aliphatic carbocycles. The van der Waals surface area contributed by atoms with Gasteiger partial charge in [0.25, 0.3) is 15.9 Å². The highest BCUT2D eigenvalue weighted by atomic mass is 32.2. The molecule has 1 N–H and O–H groups in total. The molecule has 0 saturated carbocycles. The van der Waals surface area contributed by atoms with Crippen LogP contribution in [0.1, 0.15) is 28.1 Å². The van der Waals surface area contributed by atoms with Gasteiger partial charge in [0.05, 0.1) is 4.90 Å². The van der Waals surface area contributed by atoms with E-state index >= 15 is 0 Å². The largest absolute Gasteiger partial charge is 0.360 e. The van der Waals surface area contributed by atoms with Crippen LogP contribution in [-0.2, 0) is 16.4 Å². The van der Waals surface area contributed by atoms with Crippen LogP contribution < -0.4 is 9.62 Å². The Morgan fingerprint density at radius 1 is 1.14 bits per heavy atom. The number of benzene rings is 2. The Morgan fingerprint density at radius 2 is 1.89 bits per heavy atom. The highest BCUT2D eigenvalue weighted by molar-refractivity contribution is 7.92. The quantitative estimate of drug-likeness (QED) is 0.729. The zero-order chi connectivity index (χ0) is 19.7. The minimum Gasteiger partial charge on any atom is -0.360 e. The van der Waals surface area contributed by atoms with Crippen molar-refractivity contribution in [2.24, 2.45) is 0 Å². The molecule has 2 heterocycles. The van der Waals surface area contributed by atoms with Gasteiger partial charge in [0.2, 0.25) is 0 Å². The molecule has 0 bridgehead atoms. The van der Waals surface area contributed by atoms with Crippen LogP contribution in [0.4, 0.5) is 11.5 Å². The predicted molar refractivity (Wildman–Crippen MR) is 105 cm³/mol. The second-order valence-corrected chi connectivity index (χ2v) is 8.32. The number of aryl methyl sites for hydroxylation is 2. The summed E-state index contributed by atoms with van der Waals surface area (Å²) in [7, 11) is -3.81. The van der Waals surface area contributed by atoms with E-state index in [-0.39, 0.29) is 16.6 Å². The summed E-state index contributed by atoms with van der Waals surface area (Å²) in [6.07, 6.45) is 1.85. The number of sulfonamides is 1. The first kappa shape index (κ1) is 18.2. The van der Waals surface area contributed by atoms with Crippen LogP contribution in [-0.4, -0.2) is 26.0 Å². The maximum atomic E-state index is 13.0. The van der Waals surface area contributed by atoms with Crippen molar-refractivity contribution >= 4 is 27.4 Å². The third-order valence-corrected chi connectivity index (χ3v) is 6.00. The fourth-order valence-electron chi connectivity index (χ4n) is 3.29. The van der Waals surface area contributed by atoms with Crippen LogP contribution >= 0.6 is 0 Å². The Hall–Kier alpha value is -3.13. The fraction of sp³-hybridized carbons (Fsp3) is 0.200. The van der Waals surface area contributed by atoms with Crippen molar-refractivity contribution in [1.82, 2.24) is 5.16 Å². The Kier molecular flexibility index (Phi) is 4.64. The Morgan fingerprint density at radius 3 is 2.61 bits per heavy atom. The number of rotatable bonds is 4. The van der Waals surface area contributed by atoms with Crippen molar-refractivity contribution in [2.75, 3.05) is 16.2 Å². The summed E-state index contributed by atoms with van der Waals surface area (Å²) in [5.74, 6) is 0.471. The number of hydrogen-bond donors (Lipinski definition) is 1. The van der Waals surface area contributed by atoms with Crippen LogP contribution in [0.15, 0.2) is 64.0 Å². The summed E-state index contributed by atoms with van der Waals surface area (Å²) in [5.41, 5.74) is 2.50. The van der Waals surface area contributed by atoms with Gasteiger partial charge in [0, 0.05) is 23.9 Å². The lowest BCUT2D eigenvalue weighted by Crippen LogP contribution is -2.35. The summed E-state index contributed by atoms with van der Waals surface area (Å²) < 4.78 is 32.2. The lowest BCUT2D eigenvalue weighted by atomic mass is 10.0. The van der Waals surface area contributed by atoms with Gasteiger partial charge in [-0.25, -0.2) is 8.42 Å². The summed E-state index contributed by atoms with van der Waals surface area (Å²) >= 11 is 0. The monoisotopic (exact) mass is 397 g/mol. The van der Waals surface area contributed by atoms with Crippen LogP contribution in [0, 0.1) is 6.92 Å². The molecule has 0 fully saturated rings. The van der Waals surface area contributed by atoms with E-state index in [4.69, 9.17) is 4.52 Å². The molecule has 4 rings (SSSR count). The number of fused-ring (bicyclic) bond motifs is 1. The van der Waals surface area contributed by atoms with Gasteiger partial charge in [-0.3, -0.25) is 9.52 Å². The van der Waals surface area contributed by atoms with Gasteiger partial charge >= 0.3 is 0 Å². The van der Waals surface area contributed by atoms with Gasteiger partial charge in [-0.15, -0.1) is 0 Å². The molecule has 0 radical (unpaired) electrons. The van der Waals surface area contributed by atoms with Crippen LogP contribution in [0.25, 0.3) is 0 Å². The van der Waals surface area contributed by atoms with Crippen molar-refractivity contribution in [2.45, 2.75) is 24.7 Å². The zero-order valence-electron chi connectivity index (χ0n) is 15.3. The van der Waals surface area contributed by atoms with E-state index in [2.05, 4.69) is 9.88 Å². The van der Waals surface area contributed by atoms with Gasteiger partial charge in [-0.1, -0.05) is 23.4 Å². The molecular formula is C20H19N3O4S. The first-order valence-electron chi connectivity index (χ1n) is 8.90. The standard InChI is InChI=1S/C20H19N3O4S/c1-14-13-19(21-27-14)22-28(25,26)17-10-8-16(9-11-17)20(24)23-12-4-6-15-5-2-3-7-18(15)23/h2-3,5,7-11,13H,4,6,12H2,1H3,(H,21,22). The third kappa shape index (κ3) is 3.50. The fourth-order valence-corrected chi connectivity index (χ4v) is 4.27. The molecule has 1 aromatic heterocycles. The number of amides is 1. The average Bonchev–Trinajstić information content (AvgIpc) is 3.11. The first-order chi connectivity index (χ1) is 13.4. The molecule has 7 nitrogen and oxygen atoms in total. The Balaban J connectivity index is 1.56. The number of hydrogen-bond acceptors (Lipinski definition) is 5. The van der Waals surface area contributed by atoms with Crippen LogP contribution in [0.2, 0.25) is 0 Å². The highest BCUT2D eigenvalue weighted by Crippen LogP contribution is 2.28. The smallest absolute Gasteiger partial charge is 0.263 e. The Bertz CT molecular complexity index is 1120. The maximum Gasteiger partial charge on any atom is 0.263 e. The molecule has 0 atom stereocenters. The number of carbonyl (C=O) groups is 1. The average molecular weight is 397 g/mol. The highest BCUT2D eigenvalue weighted by Gasteiger charge is 2.24. The Labute approximate surface area is 163 Å². The third-order valence-electron chi connectivity index (χ3n) is 4.63. The molecule has 1 amide bonds. The lowest BCUT2D eigenvalue weighted by Gasteiger charge is -2.29. The van der Waals surface area contributed by atoms with Gasteiger partial charge in [-0.2, -0.15) is 0 Å². The lowest BCUT2D eigenvalue weighted by molar-refractivity contribution is 0.0985. The van der Waals surface area contributed by atoms with Gasteiger partial charge in [0.15, 0.2) is 5.82 Å². The van der Waals surface area contributed by atoms with Gasteiger partial charge in [0.1, 0.15) is 5.76 Å². The topological polar surface area (TPSA) is 92.5 Å². The molecular weight excluding hydrogens is 378 g/mol. The van der Waals surface area contributed by atoms with Crippen molar-refractivity contribution in [3.8, 4) is 0 Å². The van der Waals surface area contributed by atoms with E-state index in [1.165, 1.54) is 30.3 Å². The van der Waals surface area contributed by atoms with Gasteiger partial charge in [-0.05, 0) is 55.7 Å². The van der Waals surface area contributed by atoms with E-state index in [0.29, 0.717) is 17.9 Å². The van der Waals surface area contributed by atoms with Crippen LogP contribution in [0.5, 0.6) is 0 Å². The first-order valence-corrected chi connectivity index (χ1v) is 10.4. The van der Waals surface area contributed by atoms with E-state index < -0.39 is 10.0 Å². The van der Waals surface area contributed by atoms with E-state index in [0.717, 1.165) is 24.1 Å². The molecule has 1 aliphatic heterocycles. The molecule has 144 valence electrons. The van der Waals surface area contributed by atoms with Gasteiger partial charge < -0.3 is 9.42 Å². The molecule has 1 aliphatic rings. The molecule has 3 aromatic rings. The van der Waals surface area contributed by atoms with Crippen LogP contribution in [0.3, 0.4) is 0 Å². The molecule has 0 unspecified atom stereocenters. The van der Waals surface area contributed by atoms with E-state index in [9.17, 15) is 13.2 Å². The second-order valence-electron chi connectivity index (χ2n) is 6.64. The number of carbonyl (C=O) groups excluding carboxylic acids is 1. The van der Waals surface area contributed by atoms with E-state index in [1.54, 1.807) is 11.8 Å². The zero-order valence-corrected chi connectivity index (χ0v) is 16.1. The second kappa shape index (κ2) is 7.12. The summed E-state index contributed by atoms with van der Waals surface area (Å²) in [4.78, 5) is 14.7. The maximum absolute atomic E-state index is 13.0. The summed E-state index contributed by atoms with van der Waals surface area (Å²) in [6.45, 7) is 2.31. The molecule has 8 heteroatoms. The number of anilines is 2. The van der Waals surface area contributed by atoms with Crippen molar-refractivity contribution in [3.05, 3.63) is 71.5 Å². The summed E-state index contributed by atoms with van der Waals surface area (Å²) in [6, 6.07) is 15.2. The SMILES string of the molecule is Cc1cc(NS(=O)(=O)c2ccc(C(=O)N3CCCc4ccccc43)cc2)no1. The number of nitrogens with zero attached hydrogens (tertiary/aromatic N) is 2. The summed E-state index contributed by atoms with van der Waals surface area (Å²) in [5, 5.41) is 3.63. The van der Waals surface area contributed by atoms with Crippen molar-refractivity contribution in [3.63, 3.8) is 0 Å². The molecule has 28 heavy (non-hydrogen) atoms. The number of para-hydroxylation sites is 1. The number of aromatic nitrogens is 1. The molecule has 0 spiro atoms. The normalized spacial score (nSPS) is 13.8.